The molecule has 0 unspecified atom stereocenters. The highest BCUT2D eigenvalue weighted by Crippen LogP contribution is 2.56. The van der Waals surface area contributed by atoms with Gasteiger partial charge in [0.2, 0.25) is 0 Å². The number of hydrogen-bond donors (Lipinski definition) is 0. The molecule has 2 rings (SSSR count). The minimum absolute atomic E-state index is 0.0656. The van der Waals surface area contributed by atoms with Crippen LogP contribution in [0.25, 0.3) is 0 Å². The van der Waals surface area contributed by atoms with Crippen LogP contribution in [-0.2, 0) is 14.3 Å². The molecule has 0 aromatic carbocycles. The summed E-state index contributed by atoms with van der Waals surface area (Å²) in [5.41, 5.74) is -0.145. The first-order chi connectivity index (χ1) is 9.01. The minimum atomic E-state index is -0.145. The van der Waals surface area contributed by atoms with E-state index in [1.165, 1.54) is 0 Å². The summed E-state index contributed by atoms with van der Waals surface area (Å²) in [6, 6.07) is 0. The highest BCUT2D eigenvalue weighted by molar-refractivity contribution is 5.91. The predicted octanol–water partition coefficient (Wildman–Crippen LogP) is 3.14. The van der Waals surface area contributed by atoms with Crippen LogP contribution < -0.4 is 0 Å². The Morgan fingerprint density at radius 3 is 2.74 bits per heavy atom. The Morgan fingerprint density at radius 2 is 2.21 bits per heavy atom. The third-order valence-electron chi connectivity index (χ3n) is 4.87. The van der Waals surface area contributed by atoms with Gasteiger partial charge in [-0.1, -0.05) is 19.9 Å². The summed E-state index contributed by atoms with van der Waals surface area (Å²) in [4.78, 5) is 23.7. The predicted molar refractivity (Wildman–Crippen MR) is 73.5 cm³/mol. The third-order valence-corrected chi connectivity index (χ3v) is 4.87. The molecule has 3 atom stereocenters. The Balaban J connectivity index is 2.32. The van der Waals surface area contributed by atoms with Crippen LogP contribution in [0.15, 0.2) is 12.2 Å². The third kappa shape index (κ3) is 2.47. The van der Waals surface area contributed by atoms with Gasteiger partial charge < -0.3 is 4.74 Å². The van der Waals surface area contributed by atoms with Crippen molar-refractivity contribution in [1.29, 1.82) is 0 Å². The van der Waals surface area contributed by atoms with Crippen LogP contribution in [0.3, 0.4) is 0 Å². The molecule has 0 saturated heterocycles. The molecule has 0 N–H and O–H groups in total. The molecule has 19 heavy (non-hydrogen) atoms. The van der Waals surface area contributed by atoms with Crippen LogP contribution in [0, 0.1) is 23.2 Å². The summed E-state index contributed by atoms with van der Waals surface area (Å²) in [6.07, 6.45) is 7.03. The molecule has 0 bridgehead atoms. The Labute approximate surface area is 115 Å². The molecule has 1 fully saturated rings. The molecule has 0 amide bonds. The van der Waals surface area contributed by atoms with Gasteiger partial charge in [0.15, 0.2) is 5.78 Å². The zero-order valence-electron chi connectivity index (χ0n) is 12.1. The maximum Gasteiger partial charge on any atom is 0.309 e. The quantitative estimate of drug-likeness (QED) is 0.735. The van der Waals surface area contributed by atoms with Gasteiger partial charge in [0.05, 0.1) is 12.5 Å². The van der Waals surface area contributed by atoms with Gasteiger partial charge in [0, 0.05) is 11.8 Å². The molecule has 0 aliphatic heterocycles. The first-order valence-electron chi connectivity index (χ1n) is 7.40. The van der Waals surface area contributed by atoms with E-state index in [2.05, 4.69) is 13.8 Å². The van der Waals surface area contributed by atoms with E-state index in [4.69, 9.17) is 4.74 Å². The lowest BCUT2D eigenvalue weighted by molar-refractivity contribution is -0.152. The van der Waals surface area contributed by atoms with E-state index in [0.717, 1.165) is 19.3 Å². The lowest BCUT2D eigenvalue weighted by Gasteiger charge is -2.40. The van der Waals surface area contributed by atoms with Gasteiger partial charge in [-0.25, -0.2) is 0 Å². The number of esters is 1. The second kappa shape index (κ2) is 5.48. The number of carbonyl (C=O) groups excluding carboxylic acids is 2. The van der Waals surface area contributed by atoms with Crippen molar-refractivity contribution in [2.75, 3.05) is 6.61 Å². The van der Waals surface area contributed by atoms with Crippen molar-refractivity contribution in [3.05, 3.63) is 12.2 Å². The summed E-state index contributed by atoms with van der Waals surface area (Å²) >= 11 is 0. The Bertz CT molecular complexity index is 397. The van der Waals surface area contributed by atoms with Crippen molar-refractivity contribution in [1.82, 2.24) is 0 Å². The Hall–Kier alpha value is -1.12. The molecule has 0 radical (unpaired) electrons. The number of hydrogen-bond acceptors (Lipinski definition) is 3. The molecular formula is C16H24O3. The summed E-state index contributed by atoms with van der Waals surface area (Å²) in [5.74, 6) is 1.04. The van der Waals surface area contributed by atoms with Gasteiger partial charge in [-0.15, -0.1) is 0 Å². The second-order valence-electron chi connectivity index (χ2n) is 6.14. The lowest BCUT2D eigenvalue weighted by atomic mass is 9.63. The molecule has 1 spiro atoms. The molecular weight excluding hydrogens is 240 g/mol. The molecule has 3 nitrogen and oxygen atoms in total. The fourth-order valence-corrected chi connectivity index (χ4v) is 4.03. The first kappa shape index (κ1) is 14.3. The maximum absolute atomic E-state index is 12.2. The van der Waals surface area contributed by atoms with Crippen LogP contribution >= 0.6 is 0 Å². The lowest BCUT2D eigenvalue weighted by Crippen LogP contribution is -2.39. The van der Waals surface area contributed by atoms with Crippen molar-refractivity contribution < 1.29 is 14.3 Å². The van der Waals surface area contributed by atoms with Crippen LogP contribution in [0.5, 0.6) is 0 Å². The Morgan fingerprint density at radius 1 is 1.47 bits per heavy atom. The first-order valence-corrected chi connectivity index (χ1v) is 7.40. The number of rotatable bonds is 3. The standard InChI is InChI=1S/C16H24O3/c1-4-19-15(18)14-6-5-13(11(2)3)16(14)9-7-12(17)8-10-16/h7,9,11,13-14H,4-6,8,10H2,1-3H3/t13-,14+,16+/m0/s1. The molecule has 0 heterocycles. The topological polar surface area (TPSA) is 43.4 Å². The maximum atomic E-state index is 12.2. The number of allylic oxidation sites excluding steroid dienone is 2. The molecule has 2 aliphatic rings. The fraction of sp³-hybridized carbons (Fsp3) is 0.750. The SMILES string of the molecule is CCOC(=O)[C@H]1CC[C@@H](C(C)C)[C@]12C=CC(=O)CC2. The van der Waals surface area contributed by atoms with Crippen LogP contribution in [-0.4, -0.2) is 18.4 Å². The van der Waals surface area contributed by atoms with Gasteiger partial charge in [0.1, 0.15) is 0 Å². The van der Waals surface area contributed by atoms with Crippen LogP contribution in [0.4, 0.5) is 0 Å². The normalized spacial score (nSPS) is 34.2. The number of carbonyl (C=O) groups is 2. The van der Waals surface area contributed by atoms with E-state index in [1.807, 2.05) is 13.0 Å². The van der Waals surface area contributed by atoms with Crippen LogP contribution in [0.2, 0.25) is 0 Å². The van der Waals surface area contributed by atoms with Crippen LogP contribution in [0.1, 0.15) is 46.5 Å². The monoisotopic (exact) mass is 264 g/mol. The van der Waals surface area contributed by atoms with Gasteiger partial charge in [-0.2, -0.15) is 0 Å². The largest absolute Gasteiger partial charge is 0.466 e. The number of ketones is 1. The molecule has 1 saturated carbocycles. The summed E-state index contributed by atoms with van der Waals surface area (Å²) in [6.45, 7) is 6.70. The summed E-state index contributed by atoms with van der Waals surface area (Å²) < 4.78 is 5.25. The van der Waals surface area contributed by atoms with E-state index in [1.54, 1.807) is 6.08 Å². The number of ether oxygens (including phenoxy) is 1. The van der Waals surface area contributed by atoms with Gasteiger partial charge >= 0.3 is 5.97 Å². The highest BCUT2D eigenvalue weighted by atomic mass is 16.5. The average Bonchev–Trinajstić information content (AvgIpc) is 2.73. The van der Waals surface area contributed by atoms with Crippen molar-refractivity contribution in [3.8, 4) is 0 Å². The smallest absolute Gasteiger partial charge is 0.309 e. The van der Waals surface area contributed by atoms with E-state index < -0.39 is 0 Å². The van der Waals surface area contributed by atoms with Crippen molar-refractivity contribution >= 4 is 11.8 Å². The van der Waals surface area contributed by atoms with E-state index in [9.17, 15) is 9.59 Å². The zero-order chi connectivity index (χ0) is 14.0. The fourth-order valence-electron chi connectivity index (χ4n) is 4.03. The molecule has 106 valence electrons. The Kier molecular flexibility index (Phi) is 4.12. The van der Waals surface area contributed by atoms with Crippen molar-refractivity contribution in [3.63, 3.8) is 0 Å². The summed E-state index contributed by atoms with van der Waals surface area (Å²) in [7, 11) is 0. The average molecular weight is 264 g/mol. The van der Waals surface area contributed by atoms with E-state index in [0.29, 0.717) is 24.9 Å². The van der Waals surface area contributed by atoms with Gasteiger partial charge in [-0.3, -0.25) is 9.59 Å². The minimum Gasteiger partial charge on any atom is -0.466 e. The van der Waals surface area contributed by atoms with Crippen molar-refractivity contribution in [2.45, 2.75) is 46.5 Å². The van der Waals surface area contributed by atoms with Gasteiger partial charge in [0.25, 0.3) is 0 Å². The zero-order valence-corrected chi connectivity index (χ0v) is 12.1. The van der Waals surface area contributed by atoms with Crippen molar-refractivity contribution in [2.24, 2.45) is 23.2 Å². The summed E-state index contributed by atoms with van der Waals surface area (Å²) in [5, 5.41) is 0. The molecule has 2 aliphatic carbocycles. The van der Waals surface area contributed by atoms with E-state index >= 15 is 0 Å². The van der Waals surface area contributed by atoms with Gasteiger partial charge in [-0.05, 0) is 44.1 Å². The molecule has 0 aromatic rings. The molecule has 0 aromatic heterocycles. The second-order valence-corrected chi connectivity index (χ2v) is 6.14. The van der Waals surface area contributed by atoms with E-state index in [-0.39, 0.29) is 23.1 Å². The molecule has 3 heteroatoms. The highest BCUT2D eigenvalue weighted by Gasteiger charge is 2.53.